The van der Waals surface area contributed by atoms with Crippen molar-refractivity contribution in [2.24, 2.45) is 0 Å². The molecule has 0 aliphatic carbocycles. The third-order valence-corrected chi connectivity index (χ3v) is 3.83. The maximum Gasteiger partial charge on any atom is 0.339 e. The number of rotatable bonds is 5. The van der Waals surface area contributed by atoms with E-state index < -0.39 is 5.97 Å². The number of hydrogen-bond donors (Lipinski definition) is 1. The van der Waals surface area contributed by atoms with Crippen LogP contribution in [0.25, 0.3) is 0 Å². The summed E-state index contributed by atoms with van der Waals surface area (Å²) in [6.45, 7) is 6.23. The topological polar surface area (TPSA) is 70.8 Å². The molecule has 0 saturated heterocycles. The Labute approximate surface area is 135 Å². The lowest BCUT2D eigenvalue weighted by atomic mass is 10.1. The molecule has 0 unspecified atom stereocenters. The van der Waals surface area contributed by atoms with Crippen LogP contribution < -0.4 is 0 Å². The van der Waals surface area contributed by atoms with Crippen molar-refractivity contribution < 1.29 is 19.1 Å². The zero-order chi connectivity index (χ0) is 17.1. The van der Waals surface area contributed by atoms with E-state index in [4.69, 9.17) is 9.52 Å². The molecule has 1 aromatic heterocycles. The number of carboxylic acid groups (broad SMARTS) is 1. The fourth-order valence-electron chi connectivity index (χ4n) is 2.46. The molecule has 0 fully saturated rings. The van der Waals surface area contributed by atoms with Crippen LogP contribution in [0.3, 0.4) is 0 Å². The highest BCUT2D eigenvalue weighted by Crippen LogP contribution is 2.19. The van der Waals surface area contributed by atoms with Gasteiger partial charge >= 0.3 is 5.97 Å². The second-order valence-corrected chi connectivity index (χ2v) is 5.70. The summed E-state index contributed by atoms with van der Waals surface area (Å²) in [5.74, 6) is -1.03. The molecule has 5 heteroatoms. The van der Waals surface area contributed by atoms with Crippen molar-refractivity contribution in [3.8, 4) is 0 Å². The van der Waals surface area contributed by atoms with Gasteiger partial charge in [-0.05, 0) is 25.0 Å². The van der Waals surface area contributed by atoms with Crippen molar-refractivity contribution in [3.05, 3.63) is 58.0 Å². The number of nitrogens with zero attached hydrogens (tertiary/aromatic N) is 1. The van der Waals surface area contributed by atoms with E-state index in [-0.39, 0.29) is 17.2 Å². The number of aryl methyl sites for hydroxylation is 3. The third-order valence-electron chi connectivity index (χ3n) is 3.83. The summed E-state index contributed by atoms with van der Waals surface area (Å²) in [6, 6.07) is 7.40. The van der Waals surface area contributed by atoms with Gasteiger partial charge in [-0.2, -0.15) is 0 Å². The highest BCUT2D eigenvalue weighted by Gasteiger charge is 2.22. The van der Waals surface area contributed by atoms with Crippen molar-refractivity contribution in [2.75, 3.05) is 7.05 Å². The summed E-state index contributed by atoms with van der Waals surface area (Å²) in [7, 11) is 1.68. The van der Waals surface area contributed by atoms with Gasteiger partial charge < -0.3 is 14.4 Å². The number of aromatic carboxylic acids is 1. The normalized spacial score (nSPS) is 10.6. The van der Waals surface area contributed by atoms with Crippen LogP contribution in [-0.4, -0.2) is 28.9 Å². The second-order valence-electron chi connectivity index (χ2n) is 5.70. The van der Waals surface area contributed by atoms with Crippen LogP contribution in [0.5, 0.6) is 0 Å². The van der Waals surface area contributed by atoms with Crippen molar-refractivity contribution >= 4 is 11.9 Å². The number of carbonyl (C=O) groups excluding carboxylic acids is 1. The Morgan fingerprint density at radius 3 is 2.48 bits per heavy atom. The minimum absolute atomic E-state index is 0.0518. The molecule has 5 nitrogen and oxygen atoms in total. The van der Waals surface area contributed by atoms with Crippen LogP contribution in [0, 0.1) is 13.8 Å². The minimum atomic E-state index is -1.08. The quantitative estimate of drug-likeness (QED) is 0.917. The standard InChI is InChI=1S/C18H21NO4/c1-5-15-14(18(21)22)9-16(23-15)17(20)19(4)10-13-8-11(2)6-7-12(13)3/h6-9H,5,10H2,1-4H3,(H,21,22). The fraction of sp³-hybridized carbons (Fsp3) is 0.333. The summed E-state index contributed by atoms with van der Waals surface area (Å²) in [5.41, 5.74) is 3.35. The molecule has 0 aliphatic rings. The molecule has 1 heterocycles. The highest BCUT2D eigenvalue weighted by molar-refractivity contribution is 5.96. The van der Waals surface area contributed by atoms with E-state index >= 15 is 0 Å². The zero-order valence-electron chi connectivity index (χ0n) is 13.8. The molecule has 1 N–H and O–H groups in total. The largest absolute Gasteiger partial charge is 0.478 e. The molecule has 0 aliphatic heterocycles. The van der Waals surface area contributed by atoms with Crippen LogP contribution in [-0.2, 0) is 13.0 Å². The molecule has 0 spiro atoms. The maximum absolute atomic E-state index is 12.5. The Morgan fingerprint density at radius 1 is 1.22 bits per heavy atom. The molecule has 0 saturated carbocycles. The Kier molecular flexibility index (Phi) is 4.89. The first-order valence-corrected chi connectivity index (χ1v) is 7.51. The van der Waals surface area contributed by atoms with Gasteiger partial charge in [0.05, 0.1) is 0 Å². The fourth-order valence-corrected chi connectivity index (χ4v) is 2.46. The first-order chi connectivity index (χ1) is 10.8. The predicted octanol–water partition coefficient (Wildman–Crippen LogP) is 3.43. The Morgan fingerprint density at radius 2 is 1.91 bits per heavy atom. The molecule has 2 aromatic rings. The average molecular weight is 315 g/mol. The summed E-state index contributed by atoms with van der Waals surface area (Å²) in [6.07, 6.45) is 0.426. The third kappa shape index (κ3) is 3.62. The first kappa shape index (κ1) is 16.8. The molecular formula is C18H21NO4. The van der Waals surface area contributed by atoms with Crippen LogP contribution >= 0.6 is 0 Å². The van der Waals surface area contributed by atoms with Crippen molar-refractivity contribution in [3.63, 3.8) is 0 Å². The molecule has 0 radical (unpaired) electrons. The van der Waals surface area contributed by atoms with E-state index in [1.807, 2.05) is 32.0 Å². The van der Waals surface area contributed by atoms with Crippen molar-refractivity contribution in [2.45, 2.75) is 33.7 Å². The molecule has 1 aromatic carbocycles. The van der Waals surface area contributed by atoms with Gasteiger partial charge in [-0.1, -0.05) is 30.7 Å². The number of carbonyl (C=O) groups is 2. The van der Waals surface area contributed by atoms with Gasteiger partial charge in [-0.15, -0.1) is 0 Å². The van der Waals surface area contributed by atoms with Gasteiger partial charge in [0.15, 0.2) is 5.76 Å². The number of benzene rings is 1. The number of furan rings is 1. The summed E-state index contributed by atoms with van der Waals surface area (Å²) >= 11 is 0. The zero-order valence-corrected chi connectivity index (χ0v) is 13.8. The molecular weight excluding hydrogens is 294 g/mol. The van der Waals surface area contributed by atoms with Crippen molar-refractivity contribution in [1.29, 1.82) is 0 Å². The van der Waals surface area contributed by atoms with Gasteiger partial charge in [-0.3, -0.25) is 4.79 Å². The number of carboxylic acids is 1. The summed E-state index contributed by atoms with van der Waals surface area (Å²) in [5, 5.41) is 9.15. The van der Waals surface area contributed by atoms with E-state index in [1.54, 1.807) is 14.0 Å². The van der Waals surface area contributed by atoms with Crippen LogP contribution in [0.1, 0.15) is 50.3 Å². The van der Waals surface area contributed by atoms with E-state index in [1.165, 1.54) is 11.0 Å². The molecule has 2 rings (SSSR count). The molecule has 0 bridgehead atoms. The van der Waals surface area contributed by atoms with E-state index in [2.05, 4.69) is 0 Å². The molecule has 23 heavy (non-hydrogen) atoms. The Balaban J connectivity index is 2.23. The van der Waals surface area contributed by atoms with Gasteiger partial charge in [-0.25, -0.2) is 4.79 Å². The van der Waals surface area contributed by atoms with Crippen molar-refractivity contribution in [1.82, 2.24) is 4.90 Å². The molecule has 1 amide bonds. The van der Waals surface area contributed by atoms with E-state index in [9.17, 15) is 9.59 Å². The predicted molar refractivity (Wildman–Crippen MR) is 86.8 cm³/mol. The number of amides is 1. The van der Waals surface area contributed by atoms with Gasteiger partial charge in [0.1, 0.15) is 11.3 Å². The van der Waals surface area contributed by atoms with E-state index in [0.29, 0.717) is 18.7 Å². The lowest BCUT2D eigenvalue weighted by Gasteiger charge is -2.17. The van der Waals surface area contributed by atoms with Gasteiger partial charge in [0, 0.05) is 26.1 Å². The Bertz CT molecular complexity index is 745. The summed E-state index contributed by atoms with van der Waals surface area (Å²) in [4.78, 5) is 25.2. The number of hydrogen-bond acceptors (Lipinski definition) is 3. The highest BCUT2D eigenvalue weighted by atomic mass is 16.4. The van der Waals surface area contributed by atoms with Crippen LogP contribution in [0.2, 0.25) is 0 Å². The van der Waals surface area contributed by atoms with Gasteiger partial charge in [0.2, 0.25) is 0 Å². The average Bonchev–Trinajstić information content (AvgIpc) is 2.94. The molecule has 122 valence electrons. The smallest absolute Gasteiger partial charge is 0.339 e. The van der Waals surface area contributed by atoms with E-state index in [0.717, 1.165) is 16.7 Å². The van der Waals surface area contributed by atoms with Crippen LogP contribution in [0.4, 0.5) is 0 Å². The minimum Gasteiger partial charge on any atom is -0.478 e. The second kappa shape index (κ2) is 6.69. The van der Waals surface area contributed by atoms with Crippen LogP contribution in [0.15, 0.2) is 28.7 Å². The lowest BCUT2D eigenvalue weighted by Crippen LogP contribution is -2.26. The monoisotopic (exact) mass is 315 g/mol. The summed E-state index contributed by atoms with van der Waals surface area (Å²) < 4.78 is 5.43. The maximum atomic E-state index is 12.5. The Hall–Kier alpha value is -2.56. The molecule has 0 atom stereocenters. The first-order valence-electron chi connectivity index (χ1n) is 7.51. The lowest BCUT2D eigenvalue weighted by molar-refractivity contribution is 0.0693. The SMILES string of the molecule is CCc1oc(C(=O)N(C)Cc2cc(C)ccc2C)cc1C(=O)O. The van der Waals surface area contributed by atoms with Gasteiger partial charge in [0.25, 0.3) is 5.91 Å².